The SMILES string of the molecule is CC=C(C)C(=O)OC1CC(C)(C)CC2C3=CCC4C5(C)CCC(OC6OC(C(=O)O)C(O)C(OC7OC(C)C(O)C(O)C7O)C6OC6OC(CO)C(O)C(O)C6O)C(C)(C)C5CCC4(C)C3(C)C(O)C(O)C12CO. The molecule has 0 spiro atoms. The third-order valence-electron chi connectivity index (χ3n) is 20.5. The molecule has 0 aromatic carbocycles. The van der Waals surface area contributed by atoms with Gasteiger partial charge in [0, 0.05) is 11.0 Å². The summed E-state index contributed by atoms with van der Waals surface area (Å²) in [5.74, 6) is -2.77. The molecule has 0 bridgehead atoms. The molecule has 21 nitrogen and oxygen atoms in total. The summed E-state index contributed by atoms with van der Waals surface area (Å²) in [5.41, 5.74) is -3.16. The summed E-state index contributed by atoms with van der Waals surface area (Å²) in [5, 5.41) is 134. The second kappa shape index (κ2) is 20.4. The van der Waals surface area contributed by atoms with E-state index in [0.29, 0.717) is 50.5 Å². The number of aliphatic carboxylic acids is 1. The number of hydrogen-bond donors (Lipinski definition) is 12. The van der Waals surface area contributed by atoms with Gasteiger partial charge in [-0.15, -0.1) is 0 Å². The molecule has 3 aliphatic heterocycles. The lowest BCUT2D eigenvalue weighted by molar-refractivity contribution is -0.395. The summed E-state index contributed by atoms with van der Waals surface area (Å²) in [6.07, 6.45) is -23.6. The molecule has 12 N–H and O–H groups in total. The zero-order chi connectivity index (χ0) is 54.7. The number of rotatable bonds is 11. The molecular formula is C53H84O21. The van der Waals surface area contributed by atoms with Gasteiger partial charge in [-0.05, 0) is 105 Å². The maximum atomic E-state index is 13.4. The first kappa shape index (κ1) is 57.9. The number of carbonyl (C=O) groups is 2. The van der Waals surface area contributed by atoms with Crippen LogP contribution in [0.15, 0.2) is 23.3 Å². The number of carboxylic acids is 1. The molecule has 3 saturated heterocycles. The third kappa shape index (κ3) is 8.87. The van der Waals surface area contributed by atoms with Gasteiger partial charge in [0.15, 0.2) is 25.0 Å². The van der Waals surface area contributed by atoms with Crippen molar-refractivity contribution in [1.82, 2.24) is 0 Å². The van der Waals surface area contributed by atoms with Crippen LogP contribution < -0.4 is 0 Å². The van der Waals surface area contributed by atoms with Crippen LogP contribution in [0.2, 0.25) is 0 Å². The number of allylic oxidation sites excluding steroid dienone is 2. The van der Waals surface area contributed by atoms with Gasteiger partial charge in [0.2, 0.25) is 0 Å². The van der Waals surface area contributed by atoms with E-state index in [-0.39, 0.29) is 17.3 Å². The van der Waals surface area contributed by atoms with Gasteiger partial charge < -0.3 is 94.4 Å². The fourth-order valence-electron chi connectivity index (χ4n) is 15.9. The minimum atomic E-state index is -2.11. The molecule has 7 fully saturated rings. The van der Waals surface area contributed by atoms with E-state index in [2.05, 4.69) is 33.8 Å². The van der Waals surface area contributed by atoms with E-state index in [0.717, 1.165) is 5.57 Å². The molecule has 8 aliphatic rings. The van der Waals surface area contributed by atoms with Crippen molar-refractivity contribution in [3.8, 4) is 0 Å². The number of carbonyl (C=O) groups excluding carboxylic acids is 1. The summed E-state index contributed by atoms with van der Waals surface area (Å²) in [6, 6.07) is 0. The van der Waals surface area contributed by atoms with Crippen LogP contribution in [0, 0.1) is 50.2 Å². The molecule has 21 heteroatoms. The molecule has 422 valence electrons. The van der Waals surface area contributed by atoms with Crippen LogP contribution in [0.5, 0.6) is 0 Å². The predicted molar refractivity (Wildman–Crippen MR) is 257 cm³/mol. The Kier molecular flexibility index (Phi) is 16.0. The van der Waals surface area contributed by atoms with Crippen LogP contribution in [-0.4, -0.2) is 203 Å². The first-order valence-electron chi connectivity index (χ1n) is 26.5. The van der Waals surface area contributed by atoms with Gasteiger partial charge in [0.25, 0.3) is 0 Å². The Morgan fingerprint density at radius 2 is 1.32 bits per heavy atom. The highest BCUT2D eigenvalue weighted by molar-refractivity contribution is 5.87. The maximum absolute atomic E-state index is 13.4. The number of esters is 1. The molecular weight excluding hydrogens is 973 g/mol. The van der Waals surface area contributed by atoms with Crippen molar-refractivity contribution in [3.05, 3.63) is 23.3 Å². The molecule has 4 saturated carbocycles. The van der Waals surface area contributed by atoms with Gasteiger partial charge >= 0.3 is 11.9 Å². The fourth-order valence-corrected chi connectivity index (χ4v) is 15.9. The monoisotopic (exact) mass is 1060 g/mol. The van der Waals surface area contributed by atoms with Crippen molar-refractivity contribution in [2.75, 3.05) is 13.2 Å². The molecule has 8 rings (SSSR count). The number of aliphatic hydroxyl groups is 11. The quantitative estimate of drug-likeness (QED) is 0.0568. The lowest BCUT2D eigenvalue weighted by Gasteiger charge is -2.73. The highest BCUT2D eigenvalue weighted by Gasteiger charge is 2.75. The number of aliphatic hydroxyl groups excluding tert-OH is 11. The molecule has 3 heterocycles. The zero-order valence-electron chi connectivity index (χ0n) is 44.3. The van der Waals surface area contributed by atoms with E-state index >= 15 is 0 Å². The van der Waals surface area contributed by atoms with Crippen molar-refractivity contribution in [3.63, 3.8) is 0 Å². The van der Waals surface area contributed by atoms with Crippen molar-refractivity contribution < 1.29 is 104 Å². The van der Waals surface area contributed by atoms with Gasteiger partial charge in [-0.25, -0.2) is 9.59 Å². The van der Waals surface area contributed by atoms with E-state index in [1.807, 2.05) is 20.8 Å². The van der Waals surface area contributed by atoms with Gasteiger partial charge in [-0.1, -0.05) is 66.2 Å². The van der Waals surface area contributed by atoms with Crippen molar-refractivity contribution >= 4 is 11.9 Å². The van der Waals surface area contributed by atoms with Crippen LogP contribution in [0.1, 0.15) is 114 Å². The summed E-state index contributed by atoms with van der Waals surface area (Å²) >= 11 is 0. The van der Waals surface area contributed by atoms with E-state index in [1.54, 1.807) is 19.9 Å². The second-order valence-electron chi connectivity index (χ2n) is 25.1. The molecule has 74 heavy (non-hydrogen) atoms. The number of fused-ring (bicyclic) bond motifs is 7. The Bertz CT molecular complexity index is 2130. The van der Waals surface area contributed by atoms with E-state index in [1.165, 1.54) is 6.92 Å². The van der Waals surface area contributed by atoms with Crippen LogP contribution in [0.3, 0.4) is 0 Å². The minimum absolute atomic E-state index is 0.0653. The van der Waals surface area contributed by atoms with Gasteiger partial charge in [0.05, 0.1) is 43.0 Å². The van der Waals surface area contributed by atoms with Crippen molar-refractivity contribution in [2.45, 2.75) is 231 Å². The Morgan fingerprint density at radius 1 is 0.703 bits per heavy atom. The van der Waals surface area contributed by atoms with Gasteiger partial charge in [0.1, 0.15) is 67.1 Å². The number of hydrogen-bond acceptors (Lipinski definition) is 20. The Labute approximate surface area is 432 Å². The molecule has 0 aromatic heterocycles. The maximum Gasteiger partial charge on any atom is 0.335 e. The van der Waals surface area contributed by atoms with Gasteiger partial charge in [-0.2, -0.15) is 0 Å². The smallest absolute Gasteiger partial charge is 0.335 e. The standard InChI is InChI=1S/C53H84O21/c1-11-22(2)44(67)70-30-19-48(4,5)18-25-24-12-13-28-50(8)16-15-29(49(6,7)27(50)14-17-51(28,9)52(24,10)41(63)42(64)53(25,30)21-55)71-47-40(74-46-36(61)34(59)32(57)26(20-54)69-46)38(37(62)39(73-47)43(65)66)72-45-35(60)33(58)31(56)23(3)68-45/h11-12,23,25-42,45-47,54-64H,13-21H2,1-10H3,(H,65,66). The Balaban J connectivity index is 1.12. The molecule has 26 atom stereocenters. The fraction of sp³-hybridized carbons (Fsp3) is 0.887. The normalized spacial score (nSPS) is 52.1. The lowest BCUT2D eigenvalue weighted by Crippen LogP contribution is -2.74. The third-order valence-corrected chi connectivity index (χ3v) is 20.5. The molecule has 26 unspecified atom stereocenters. The van der Waals surface area contributed by atoms with Crippen LogP contribution in [0.25, 0.3) is 0 Å². The van der Waals surface area contributed by atoms with Crippen LogP contribution >= 0.6 is 0 Å². The first-order valence-corrected chi connectivity index (χ1v) is 26.5. The highest BCUT2D eigenvalue weighted by atomic mass is 16.8. The largest absolute Gasteiger partial charge is 0.479 e. The summed E-state index contributed by atoms with van der Waals surface area (Å²) in [7, 11) is 0. The predicted octanol–water partition coefficient (Wildman–Crippen LogP) is 0.163. The molecule has 0 aromatic rings. The summed E-state index contributed by atoms with van der Waals surface area (Å²) in [4.78, 5) is 26.3. The van der Waals surface area contributed by atoms with Gasteiger partial charge in [-0.3, -0.25) is 0 Å². The Morgan fingerprint density at radius 3 is 1.93 bits per heavy atom. The number of carboxylic acid groups (broad SMARTS) is 1. The van der Waals surface area contributed by atoms with Crippen molar-refractivity contribution in [1.29, 1.82) is 0 Å². The van der Waals surface area contributed by atoms with Crippen molar-refractivity contribution in [2.24, 2.45) is 50.2 Å². The molecule has 0 radical (unpaired) electrons. The molecule has 5 aliphatic carbocycles. The van der Waals surface area contributed by atoms with E-state index in [9.17, 15) is 70.9 Å². The topological polar surface area (TPSA) is 342 Å². The van der Waals surface area contributed by atoms with Crippen LogP contribution in [0.4, 0.5) is 0 Å². The average Bonchev–Trinajstić information content (AvgIpc) is 3.33. The second-order valence-corrected chi connectivity index (χ2v) is 25.1. The number of ether oxygens (including phenoxy) is 7. The zero-order valence-corrected chi connectivity index (χ0v) is 44.3. The minimum Gasteiger partial charge on any atom is -0.479 e. The average molecular weight is 1060 g/mol. The molecule has 0 amide bonds. The highest BCUT2D eigenvalue weighted by Crippen LogP contribution is 2.76. The summed E-state index contributed by atoms with van der Waals surface area (Å²) < 4.78 is 42.9. The Hall–Kier alpha value is -2.26. The van der Waals surface area contributed by atoms with Crippen LogP contribution in [-0.2, 0) is 42.7 Å². The van der Waals surface area contributed by atoms with E-state index < -0.39 is 175 Å². The lowest BCUT2D eigenvalue weighted by atomic mass is 9.32. The summed E-state index contributed by atoms with van der Waals surface area (Å²) in [6.45, 7) is 18.2. The first-order chi connectivity index (χ1) is 34.4. The van der Waals surface area contributed by atoms with E-state index in [4.69, 9.17) is 33.2 Å².